The lowest BCUT2D eigenvalue weighted by atomic mass is 10.0. The van der Waals surface area contributed by atoms with Crippen LogP contribution in [-0.2, 0) is 34.0 Å². The van der Waals surface area contributed by atoms with Crippen molar-refractivity contribution in [3.8, 4) is 11.1 Å². The van der Waals surface area contributed by atoms with Gasteiger partial charge in [-0.3, -0.25) is 9.10 Å². The van der Waals surface area contributed by atoms with Gasteiger partial charge in [0.05, 0.1) is 21.7 Å². The minimum absolute atomic E-state index is 0.0212. The molecule has 1 aliphatic heterocycles. The number of hydrogen-bond acceptors (Lipinski definition) is 4. The van der Waals surface area contributed by atoms with Gasteiger partial charge in [0.25, 0.3) is 10.0 Å². The van der Waals surface area contributed by atoms with Crippen LogP contribution in [0.25, 0.3) is 11.1 Å². The van der Waals surface area contributed by atoms with Gasteiger partial charge < -0.3 is 10.4 Å². The van der Waals surface area contributed by atoms with Crippen LogP contribution >= 0.6 is 0 Å². The highest BCUT2D eigenvalue weighted by Crippen LogP contribution is 2.38. The largest absolute Gasteiger partial charge is 0.478 e. The molecule has 11 heteroatoms. The van der Waals surface area contributed by atoms with Gasteiger partial charge in [-0.2, -0.15) is 13.2 Å². The molecular formula is C30H23F3N2O5S. The van der Waals surface area contributed by atoms with Crippen molar-refractivity contribution in [2.24, 2.45) is 0 Å². The predicted molar refractivity (Wildman–Crippen MR) is 146 cm³/mol. The fraction of sp³-hybridized carbons (Fsp3) is 0.133. The van der Waals surface area contributed by atoms with E-state index in [1.54, 1.807) is 42.5 Å². The zero-order valence-electron chi connectivity index (χ0n) is 21.3. The smallest absolute Gasteiger partial charge is 0.416 e. The SMILES string of the molecule is O=C(O)c1ccccc1CNC(=O)[C@@H]1Cc2ccccc2N1S(=O)(=O)c1ccc(-c2cccc(C(F)(F)F)c2)cc1. The summed E-state index contributed by atoms with van der Waals surface area (Å²) in [4.78, 5) is 24.7. The number of carbonyl (C=O) groups is 2. The van der Waals surface area contributed by atoms with Crippen molar-refractivity contribution in [3.05, 3.63) is 119 Å². The minimum Gasteiger partial charge on any atom is -0.478 e. The van der Waals surface area contributed by atoms with Crippen LogP contribution < -0.4 is 9.62 Å². The van der Waals surface area contributed by atoms with Gasteiger partial charge >= 0.3 is 12.1 Å². The molecule has 4 aromatic carbocycles. The van der Waals surface area contributed by atoms with E-state index < -0.39 is 39.7 Å². The number of carbonyl (C=O) groups excluding carboxylic acids is 1. The number of amides is 1. The number of nitrogens with zero attached hydrogens (tertiary/aromatic N) is 1. The molecule has 0 radical (unpaired) electrons. The number of aromatic carboxylic acids is 1. The van der Waals surface area contributed by atoms with Crippen molar-refractivity contribution in [2.75, 3.05) is 4.31 Å². The van der Waals surface area contributed by atoms with Gasteiger partial charge in [0, 0.05) is 13.0 Å². The summed E-state index contributed by atoms with van der Waals surface area (Å²) in [6, 6.07) is 21.9. The maximum Gasteiger partial charge on any atom is 0.416 e. The quantitative estimate of drug-likeness (QED) is 0.300. The van der Waals surface area contributed by atoms with Crippen LogP contribution in [-0.4, -0.2) is 31.4 Å². The monoisotopic (exact) mass is 580 g/mol. The van der Waals surface area contributed by atoms with E-state index in [2.05, 4.69) is 5.32 Å². The molecular weight excluding hydrogens is 557 g/mol. The van der Waals surface area contributed by atoms with E-state index in [9.17, 15) is 36.3 Å². The Bertz CT molecular complexity index is 1740. The lowest BCUT2D eigenvalue weighted by Gasteiger charge is -2.26. The topological polar surface area (TPSA) is 104 Å². The van der Waals surface area contributed by atoms with E-state index in [1.807, 2.05) is 0 Å². The standard InChI is InChI=1S/C30H23F3N2O5S/c31-30(32,33)23-9-5-8-20(16-23)19-12-14-24(15-13-19)41(39,40)35-26-11-4-2-6-21(26)17-27(35)28(36)34-18-22-7-1-3-10-25(22)29(37)38/h1-16,27H,17-18H2,(H,34,36)(H,37,38)/t27-/m0/s1. The van der Waals surface area contributed by atoms with Crippen LogP contribution in [0.2, 0.25) is 0 Å². The number of nitrogens with one attached hydrogen (secondary N) is 1. The maximum atomic E-state index is 13.9. The van der Waals surface area contributed by atoms with Crippen molar-refractivity contribution < 1.29 is 36.3 Å². The molecule has 0 aromatic heterocycles. The summed E-state index contributed by atoms with van der Waals surface area (Å²) in [5.74, 6) is -1.76. The van der Waals surface area contributed by atoms with E-state index in [1.165, 1.54) is 42.5 Å². The Hall–Kier alpha value is -4.64. The molecule has 5 rings (SSSR count). The molecule has 210 valence electrons. The number of alkyl halides is 3. The molecule has 41 heavy (non-hydrogen) atoms. The molecule has 0 saturated carbocycles. The normalized spacial score (nSPS) is 14.9. The van der Waals surface area contributed by atoms with E-state index in [4.69, 9.17) is 0 Å². The fourth-order valence-electron chi connectivity index (χ4n) is 4.84. The Labute approximate surface area is 233 Å². The zero-order chi connectivity index (χ0) is 29.4. The second-order valence-corrected chi connectivity index (χ2v) is 11.2. The number of para-hydroxylation sites is 1. The van der Waals surface area contributed by atoms with Crippen molar-refractivity contribution in [2.45, 2.75) is 30.1 Å². The third kappa shape index (κ3) is 5.53. The molecule has 0 bridgehead atoms. The maximum absolute atomic E-state index is 13.9. The van der Waals surface area contributed by atoms with Crippen LogP contribution in [0.15, 0.2) is 102 Å². The van der Waals surface area contributed by atoms with Crippen molar-refractivity contribution in [1.29, 1.82) is 0 Å². The first kappa shape index (κ1) is 27.9. The Morgan fingerprint density at radius 3 is 2.27 bits per heavy atom. The molecule has 0 spiro atoms. The lowest BCUT2D eigenvalue weighted by Crippen LogP contribution is -2.47. The number of rotatable bonds is 7. The lowest BCUT2D eigenvalue weighted by molar-refractivity contribution is -0.137. The Kier molecular flexibility index (Phi) is 7.31. The summed E-state index contributed by atoms with van der Waals surface area (Å²) in [5.41, 5.74) is 1.21. The summed E-state index contributed by atoms with van der Waals surface area (Å²) >= 11 is 0. The van der Waals surface area contributed by atoms with Gasteiger partial charge in [0.2, 0.25) is 5.91 Å². The molecule has 1 aliphatic rings. The van der Waals surface area contributed by atoms with E-state index >= 15 is 0 Å². The van der Waals surface area contributed by atoms with Gasteiger partial charge in [0.15, 0.2) is 0 Å². The van der Waals surface area contributed by atoms with E-state index in [0.717, 1.165) is 16.4 Å². The van der Waals surface area contributed by atoms with Crippen molar-refractivity contribution in [1.82, 2.24) is 5.32 Å². The van der Waals surface area contributed by atoms with Crippen molar-refractivity contribution >= 4 is 27.6 Å². The van der Waals surface area contributed by atoms with Gasteiger partial charge in [-0.15, -0.1) is 0 Å². The van der Waals surface area contributed by atoms with Crippen LogP contribution in [0.1, 0.15) is 27.0 Å². The van der Waals surface area contributed by atoms with E-state index in [-0.39, 0.29) is 29.0 Å². The summed E-state index contributed by atoms with van der Waals surface area (Å²) in [6.45, 7) is -0.117. The number of halogens is 3. The number of carboxylic acids is 1. The summed E-state index contributed by atoms with van der Waals surface area (Å²) in [6.07, 6.45) is -4.42. The minimum atomic E-state index is -4.52. The number of anilines is 1. The predicted octanol–water partition coefficient (Wildman–Crippen LogP) is 5.51. The Balaban J connectivity index is 1.44. The molecule has 1 atom stereocenters. The van der Waals surface area contributed by atoms with Gasteiger partial charge in [0.1, 0.15) is 6.04 Å². The highest BCUT2D eigenvalue weighted by molar-refractivity contribution is 7.93. The Morgan fingerprint density at radius 2 is 1.56 bits per heavy atom. The number of hydrogen-bond donors (Lipinski definition) is 2. The van der Waals surface area contributed by atoms with Crippen LogP contribution in [0.5, 0.6) is 0 Å². The molecule has 0 unspecified atom stereocenters. The molecule has 1 amide bonds. The van der Waals surface area contributed by atoms with Crippen molar-refractivity contribution in [3.63, 3.8) is 0 Å². The molecule has 0 aliphatic carbocycles. The molecule has 0 fully saturated rings. The number of sulfonamides is 1. The van der Waals surface area contributed by atoms with Gasteiger partial charge in [-0.1, -0.05) is 60.7 Å². The third-order valence-corrected chi connectivity index (χ3v) is 8.70. The summed E-state index contributed by atoms with van der Waals surface area (Å²) in [7, 11) is -4.28. The molecule has 0 saturated heterocycles. The molecule has 1 heterocycles. The third-order valence-electron chi connectivity index (χ3n) is 6.86. The second kappa shape index (κ2) is 10.7. The Morgan fingerprint density at radius 1 is 0.878 bits per heavy atom. The first-order chi connectivity index (χ1) is 19.5. The van der Waals surface area contributed by atoms with Gasteiger partial charge in [-0.25, -0.2) is 13.2 Å². The first-order valence-electron chi connectivity index (χ1n) is 12.5. The van der Waals surface area contributed by atoms with E-state index in [0.29, 0.717) is 22.4 Å². The highest BCUT2D eigenvalue weighted by Gasteiger charge is 2.42. The fourth-order valence-corrected chi connectivity index (χ4v) is 6.49. The number of carboxylic acid groups (broad SMARTS) is 1. The second-order valence-electron chi connectivity index (χ2n) is 9.43. The first-order valence-corrected chi connectivity index (χ1v) is 13.9. The molecule has 2 N–H and O–H groups in total. The zero-order valence-corrected chi connectivity index (χ0v) is 22.1. The number of benzene rings is 4. The molecule has 7 nitrogen and oxygen atoms in total. The number of fused-ring (bicyclic) bond motifs is 1. The average Bonchev–Trinajstić information content (AvgIpc) is 3.36. The molecule has 4 aromatic rings. The van der Waals surface area contributed by atoms with Crippen LogP contribution in [0, 0.1) is 0 Å². The summed E-state index contributed by atoms with van der Waals surface area (Å²) < 4.78 is 68.3. The summed E-state index contributed by atoms with van der Waals surface area (Å²) in [5, 5.41) is 12.1. The van der Waals surface area contributed by atoms with Gasteiger partial charge in [-0.05, 0) is 58.7 Å². The highest BCUT2D eigenvalue weighted by atomic mass is 32.2. The van der Waals surface area contributed by atoms with Crippen LogP contribution in [0.4, 0.5) is 18.9 Å². The average molecular weight is 581 g/mol. The van der Waals surface area contributed by atoms with Crippen LogP contribution in [0.3, 0.4) is 0 Å².